The van der Waals surface area contributed by atoms with Crippen LogP contribution in [0.5, 0.6) is 0 Å². The molecule has 3 heterocycles. The highest BCUT2D eigenvalue weighted by Gasteiger charge is 2.32. The number of piperidine rings is 1. The topological polar surface area (TPSA) is 63.1 Å². The number of carbonyl (C=O) groups excluding carboxylic acids is 1. The summed E-state index contributed by atoms with van der Waals surface area (Å²) in [5, 5.41) is 8.45. The summed E-state index contributed by atoms with van der Waals surface area (Å²) in [6.45, 7) is 6.35. The average Bonchev–Trinajstić information content (AvgIpc) is 3.33. The van der Waals surface area contributed by atoms with Crippen molar-refractivity contribution in [3.63, 3.8) is 0 Å². The Morgan fingerprint density at radius 2 is 1.96 bits per heavy atom. The molecule has 6 heteroatoms. The molecule has 0 radical (unpaired) electrons. The lowest BCUT2D eigenvalue weighted by molar-refractivity contribution is 0.0909. The predicted molar refractivity (Wildman–Crippen MR) is 93.0 cm³/mol. The van der Waals surface area contributed by atoms with Crippen LogP contribution >= 0.6 is 0 Å². The third-order valence-electron chi connectivity index (χ3n) is 5.11. The number of fused-ring (bicyclic) bond motifs is 1. The van der Waals surface area contributed by atoms with Crippen LogP contribution < -0.4 is 5.32 Å². The average molecular weight is 327 g/mol. The van der Waals surface area contributed by atoms with Gasteiger partial charge in [0.1, 0.15) is 0 Å². The Balaban J connectivity index is 1.41. The molecular weight excluding hydrogens is 302 g/mol. The number of likely N-dealkylation sites (tertiary alicyclic amines) is 1. The van der Waals surface area contributed by atoms with Crippen LogP contribution in [0.25, 0.3) is 11.0 Å². The number of rotatable bonds is 4. The molecule has 2 aliphatic rings. The minimum Gasteiger partial charge on any atom is -0.349 e. The Kier molecular flexibility index (Phi) is 4.00. The highest BCUT2D eigenvalue weighted by molar-refractivity contribution is 5.97. The molecule has 6 nitrogen and oxygen atoms in total. The first-order chi connectivity index (χ1) is 11.6. The number of amides is 1. The summed E-state index contributed by atoms with van der Waals surface area (Å²) in [4.78, 5) is 19.6. The number of aromatic nitrogens is 3. The smallest absolute Gasteiger partial charge is 0.253 e. The fourth-order valence-corrected chi connectivity index (χ4v) is 3.56. The van der Waals surface area contributed by atoms with Crippen molar-refractivity contribution in [3.8, 4) is 0 Å². The summed E-state index contributed by atoms with van der Waals surface area (Å²) >= 11 is 0. The van der Waals surface area contributed by atoms with Gasteiger partial charge in [-0.15, -0.1) is 0 Å². The van der Waals surface area contributed by atoms with Gasteiger partial charge >= 0.3 is 0 Å². The lowest BCUT2D eigenvalue weighted by Gasteiger charge is -2.32. The van der Waals surface area contributed by atoms with Gasteiger partial charge in [0.25, 0.3) is 5.91 Å². The second kappa shape index (κ2) is 6.16. The molecule has 24 heavy (non-hydrogen) atoms. The largest absolute Gasteiger partial charge is 0.349 e. The Labute approximate surface area is 142 Å². The van der Waals surface area contributed by atoms with Crippen LogP contribution in [0, 0.1) is 0 Å². The number of carbonyl (C=O) groups is 1. The summed E-state index contributed by atoms with van der Waals surface area (Å²) in [6, 6.07) is 3.25. The maximum Gasteiger partial charge on any atom is 0.253 e. The molecule has 1 saturated heterocycles. The molecule has 2 aromatic heterocycles. The lowest BCUT2D eigenvalue weighted by atomic mass is 10.0. The first kappa shape index (κ1) is 15.6. The van der Waals surface area contributed by atoms with E-state index in [1.807, 2.05) is 10.7 Å². The molecule has 2 aromatic rings. The number of hydrogen-bond acceptors (Lipinski definition) is 4. The van der Waals surface area contributed by atoms with Crippen molar-refractivity contribution in [2.24, 2.45) is 0 Å². The van der Waals surface area contributed by atoms with Gasteiger partial charge in [-0.1, -0.05) is 0 Å². The van der Waals surface area contributed by atoms with Gasteiger partial charge in [0.15, 0.2) is 5.65 Å². The molecule has 1 N–H and O–H groups in total. The molecular formula is C18H25N5O. The second-order valence-electron chi connectivity index (χ2n) is 7.33. The number of nitrogens with zero attached hydrogens (tertiary/aromatic N) is 4. The highest BCUT2D eigenvalue weighted by Crippen LogP contribution is 2.29. The monoisotopic (exact) mass is 327 g/mol. The van der Waals surface area contributed by atoms with Gasteiger partial charge in [0.05, 0.1) is 11.8 Å². The van der Waals surface area contributed by atoms with Crippen LogP contribution in [0.1, 0.15) is 55.9 Å². The van der Waals surface area contributed by atoms with Crippen molar-refractivity contribution >= 4 is 16.9 Å². The van der Waals surface area contributed by atoms with Crippen LogP contribution in [0.4, 0.5) is 0 Å². The fourth-order valence-electron chi connectivity index (χ4n) is 3.56. The lowest BCUT2D eigenvalue weighted by Crippen LogP contribution is -2.45. The Bertz CT molecular complexity index is 741. The molecule has 0 atom stereocenters. The maximum absolute atomic E-state index is 12.5. The quantitative estimate of drug-likeness (QED) is 0.936. The first-order valence-electron chi connectivity index (χ1n) is 9.00. The third-order valence-corrected chi connectivity index (χ3v) is 5.11. The van der Waals surface area contributed by atoms with E-state index >= 15 is 0 Å². The van der Waals surface area contributed by atoms with Gasteiger partial charge in [-0.25, -0.2) is 9.67 Å². The number of nitrogens with one attached hydrogen (secondary N) is 1. The van der Waals surface area contributed by atoms with Crippen LogP contribution in [-0.2, 0) is 0 Å². The molecule has 0 aromatic carbocycles. The Hall–Kier alpha value is -1.95. The van der Waals surface area contributed by atoms with Gasteiger partial charge in [-0.2, -0.15) is 5.10 Å². The van der Waals surface area contributed by atoms with Crippen molar-refractivity contribution in [1.82, 2.24) is 25.0 Å². The van der Waals surface area contributed by atoms with E-state index < -0.39 is 0 Å². The molecule has 2 fully saturated rings. The van der Waals surface area contributed by atoms with Gasteiger partial charge in [0, 0.05) is 42.8 Å². The van der Waals surface area contributed by atoms with Crippen LogP contribution in [0.15, 0.2) is 18.5 Å². The van der Waals surface area contributed by atoms with Gasteiger partial charge in [-0.05, 0) is 45.6 Å². The van der Waals surface area contributed by atoms with Crippen LogP contribution in [0.3, 0.4) is 0 Å². The fraction of sp³-hybridized carbons (Fsp3) is 0.611. The molecule has 1 aliphatic heterocycles. The van der Waals surface area contributed by atoms with E-state index in [2.05, 4.69) is 34.1 Å². The predicted octanol–water partition coefficient (Wildman–Crippen LogP) is 2.37. The van der Waals surface area contributed by atoms with E-state index in [0.717, 1.165) is 43.0 Å². The van der Waals surface area contributed by atoms with E-state index in [4.69, 9.17) is 0 Å². The van der Waals surface area contributed by atoms with E-state index in [1.165, 1.54) is 12.8 Å². The summed E-state index contributed by atoms with van der Waals surface area (Å²) in [5.41, 5.74) is 1.45. The molecule has 1 amide bonds. The minimum absolute atomic E-state index is 0.0217. The van der Waals surface area contributed by atoms with Crippen molar-refractivity contribution < 1.29 is 4.79 Å². The summed E-state index contributed by atoms with van der Waals surface area (Å²) < 4.78 is 1.88. The zero-order valence-corrected chi connectivity index (χ0v) is 14.4. The normalized spacial score (nSPS) is 20.0. The van der Waals surface area contributed by atoms with Crippen molar-refractivity contribution in [3.05, 3.63) is 24.0 Å². The number of hydrogen-bond donors (Lipinski definition) is 1. The molecule has 1 aliphatic carbocycles. The molecule has 128 valence electrons. The van der Waals surface area contributed by atoms with Crippen LogP contribution in [-0.4, -0.2) is 50.7 Å². The second-order valence-corrected chi connectivity index (χ2v) is 7.33. The summed E-state index contributed by atoms with van der Waals surface area (Å²) in [6.07, 6.45) is 8.25. The van der Waals surface area contributed by atoms with E-state index in [9.17, 15) is 4.79 Å². The van der Waals surface area contributed by atoms with E-state index in [-0.39, 0.29) is 18.0 Å². The maximum atomic E-state index is 12.5. The van der Waals surface area contributed by atoms with Crippen molar-refractivity contribution in [1.29, 1.82) is 0 Å². The summed E-state index contributed by atoms with van der Waals surface area (Å²) in [7, 11) is 0. The van der Waals surface area contributed by atoms with Crippen molar-refractivity contribution in [2.75, 3.05) is 13.1 Å². The molecule has 0 bridgehead atoms. The molecule has 4 rings (SSSR count). The van der Waals surface area contributed by atoms with Crippen molar-refractivity contribution in [2.45, 2.75) is 57.7 Å². The van der Waals surface area contributed by atoms with Gasteiger partial charge in [-0.3, -0.25) is 4.79 Å². The SMILES string of the molecule is CC(C)n1ncc2cc(C(=O)NC3CCN(C4CC4)CC3)cnc21. The third kappa shape index (κ3) is 3.02. The number of pyridine rings is 1. The summed E-state index contributed by atoms with van der Waals surface area (Å²) in [5.74, 6) is -0.0217. The molecule has 0 spiro atoms. The zero-order valence-electron chi connectivity index (χ0n) is 14.4. The zero-order chi connectivity index (χ0) is 16.7. The molecule has 1 saturated carbocycles. The Morgan fingerprint density at radius 3 is 2.62 bits per heavy atom. The standard InChI is InChI=1S/C18H25N5O/c1-12(2)23-17-13(11-20-23)9-14(10-19-17)18(24)21-15-5-7-22(8-6-15)16-3-4-16/h9-12,15-16H,3-8H2,1-2H3,(H,21,24). The van der Waals surface area contributed by atoms with Gasteiger partial charge < -0.3 is 10.2 Å². The first-order valence-corrected chi connectivity index (χ1v) is 9.00. The molecule has 0 unspecified atom stereocenters. The van der Waals surface area contributed by atoms with Gasteiger partial charge in [0.2, 0.25) is 0 Å². The minimum atomic E-state index is -0.0217. The van der Waals surface area contributed by atoms with E-state index in [0.29, 0.717) is 5.56 Å². The highest BCUT2D eigenvalue weighted by atomic mass is 16.1. The van der Waals surface area contributed by atoms with E-state index in [1.54, 1.807) is 12.4 Å². The van der Waals surface area contributed by atoms with Crippen LogP contribution in [0.2, 0.25) is 0 Å². The Morgan fingerprint density at radius 1 is 1.21 bits per heavy atom.